The average Bonchev–Trinajstić information content (AvgIpc) is 3.64. The zero-order valence-electron chi connectivity index (χ0n) is 21.2. The molecule has 2 aliphatic rings. The average molecular weight is 517 g/mol. The van der Waals surface area contributed by atoms with Gasteiger partial charge in [-0.15, -0.1) is 11.8 Å². The smallest absolute Gasteiger partial charge is 0.0562 e. The van der Waals surface area contributed by atoms with Gasteiger partial charge < -0.3 is 9.13 Å². The minimum Gasteiger partial charge on any atom is -0.309 e. The van der Waals surface area contributed by atoms with Gasteiger partial charge in [0, 0.05) is 43.3 Å². The maximum atomic E-state index is 2.46. The van der Waals surface area contributed by atoms with Gasteiger partial charge >= 0.3 is 0 Å². The number of hydrogen-bond acceptors (Lipinski definition) is 1. The Morgan fingerprint density at radius 3 is 1.95 bits per heavy atom. The van der Waals surface area contributed by atoms with Gasteiger partial charge in [0.15, 0.2) is 0 Å². The molecule has 7 aromatic rings. The molecule has 0 radical (unpaired) electrons. The first-order valence-corrected chi connectivity index (χ1v) is 14.4. The monoisotopic (exact) mass is 516 g/mol. The Bertz CT molecular complexity index is 2120. The van der Waals surface area contributed by atoms with E-state index < -0.39 is 0 Å². The Balaban J connectivity index is 1.36. The summed E-state index contributed by atoms with van der Waals surface area (Å²) in [7, 11) is 0. The molecule has 3 heterocycles. The second-order valence-corrected chi connectivity index (χ2v) is 11.7. The van der Waals surface area contributed by atoms with Crippen LogP contribution in [0.4, 0.5) is 0 Å². The second-order valence-electron chi connectivity index (χ2n) is 10.5. The molecule has 2 aromatic heterocycles. The number of thioether (sulfide) groups is 1. The van der Waals surface area contributed by atoms with Gasteiger partial charge in [0.1, 0.15) is 0 Å². The van der Waals surface area contributed by atoms with E-state index in [0.29, 0.717) is 11.2 Å². The van der Waals surface area contributed by atoms with Crippen molar-refractivity contribution in [1.29, 1.82) is 0 Å². The lowest BCUT2D eigenvalue weighted by atomic mass is 9.92. The SMILES string of the molecule is C1=CC2Sc3ccc(-n4c5ccccc5c5c(-n6c7ccccc7c7ccccc76)cccc54)cc3C2C=C1. The van der Waals surface area contributed by atoms with Crippen molar-refractivity contribution in [3.05, 3.63) is 139 Å². The van der Waals surface area contributed by atoms with Crippen LogP contribution >= 0.6 is 11.8 Å². The number of benzene rings is 5. The van der Waals surface area contributed by atoms with Crippen molar-refractivity contribution >= 4 is 55.4 Å². The van der Waals surface area contributed by atoms with Crippen molar-refractivity contribution in [3.8, 4) is 11.4 Å². The first kappa shape index (κ1) is 21.5. The molecule has 3 heteroatoms. The van der Waals surface area contributed by atoms with Crippen LogP contribution in [-0.4, -0.2) is 14.4 Å². The summed E-state index contributed by atoms with van der Waals surface area (Å²) >= 11 is 1.99. The third-order valence-electron chi connectivity index (χ3n) is 8.45. The van der Waals surface area contributed by atoms with E-state index in [1.54, 1.807) is 0 Å². The Labute approximate surface area is 230 Å². The van der Waals surface area contributed by atoms with Gasteiger partial charge in [0.25, 0.3) is 0 Å². The number of allylic oxidation sites excluding steroid dienone is 3. The van der Waals surface area contributed by atoms with Crippen molar-refractivity contribution in [2.45, 2.75) is 16.1 Å². The van der Waals surface area contributed by atoms with Crippen LogP contribution in [0.3, 0.4) is 0 Å². The summed E-state index contributed by atoms with van der Waals surface area (Å²) in [4.78, 5) is 1.40. The Morgan fingerprint density at radius 1 is 0.538 bits per heavy atom. The maximum Gasteiger partial charge on any atom is 0.0562 e. The predicted octanol–water partition coefficient (Wildman–Crippen LogP) is 9.56. The van der Waals surface area contributed by atoms with Gasteiger partial charge in [-0.05, 0) is 54.1 Å². The van der Waals surface area contributed by atoms with E-state index in [4.69, 9.17) is 0 Å². The van der Waals surface area contributed by atoms with Crippen LogP contribution in [0.2, 0.25) is 0 Å². The Hall–Kier alpha value is -4.47. The summed E-state index contributed by atoms with van der Waals surface area (Å²) in [5.41, 5.74) is 8.83. The van der Waals surface area contributed by atoms with E-state index >= 15 is 0 Å². The fraction of sp³-hybridized carbons (Fsp3) is 0.0556. The molecule has 0 saturated heterocycles. The molecule has 2 atom stereocenters. The second kappa shape index (κ2) is 8.02. The van der Waals surface area contributed by atoms with E-state index in [9.17, 15) is 0 Å². The number of hydrogen-bond donors (Lipinski definition) is 0. The van der Waals surface area contributed by atoms with Crippen LogP contribution in [0.15, 0.2) is 138 Å². The number of para-hydroxylation sites is 3. The van der Waals surface area contributed by atoms with E-state index in [2.05, 4.69) is 143 Å². The minimum absolute atomic E-state index is 0.441. The molecule has 0 saturated carbocycles. The van der Waals surface area contributed by atoms with Gasteiger partial charge in [-0.2, -0.15) is 0 Å². The van der Waals surface area contributed by atoms with Crippen LogP contribution in [0.5, 0.6) is 0 Å². The third-order valence-corrected chi connectivity index (χ3v) is 9.80. The highest BCUT2D eigenvalue weighted by Gasteiger charge is 2.31. The van der Waals surface area contributed by atoms with Gasteiger partial charge in [-0.1, -0.05) is 85.0 Å². The van der Waals surface area contributed by atoms with Crippen molar-refractivity contribution in [2.24, 2.45) is 0 Å². The Morgan fingerprint density at radius 2 is 1.18 bits per heavy atom. The summed E-state index contributed by atoms with van der Waals surface area (Å²) < 4.78 is 4.91. The third kappa shape index (κ3) is 2.94. The van der Waals surface area contributed by atoms with E-state index in [0.717, 1.165) is 0 Å². The molecule has 2 unspecified atom stereocenters. The van der Waals surface area contributed by atoms with E-state index in [-0.39, 0.29) is 0 Å². The lowest BCUT2D eigenvalue weighted by molar-refractivity contribution is 0.878. The molecular formula is C36H24N2S. The molecule has 0 spiro atoms. The maximum absolute atomic E-state index is 2.46. The van der Waals surface area contributed by atoms with E-state index in [1.165, 1.54) is 65.4 Å². The first-order chi connectivity index (χ1) is 19.4. The normalized spacial score (nSPS) is 17.9. The quantitative estimate of drug-likeness (QED) is 0.222. The molecule has 184 valence electrons. The molecule has 9 rings (SSSR count). The van der Waals surface area contributed by atoms with Crippen LogP contribution in [-0.2, 0) is 0 Å². The standard InChI is InChI=1S/C36H24N2S/c1-5-14-29-24(10-1)25-11-2-6-15-30(25)38(29)33-18-9-17-32-36(33)27-13-3-7-16-31(27)37(32)23-20-21-35-28(22-23)26-12-4-8-19-34(26)39-35/h1-22,26,34H. The number of aromatic nitrogens is 2. The molecular weight excluding hydrogens is 492 g/mol. The van der Waals surface area contributed by atoms with Crippen LogP contribution < -0.4 is 0 Å². The zero-order chi connectivity index (χ0) is 25.5. The molecule has 0 N–H and O–H groups in total. The lowest BCUT2D eigenvalue weighted by Crippen LogP contribution is -2.07. The van der Waals surface area contributed by atoms with Crippen molar-refractivity contribution < 1.29 is 0 Å². The minimum atomic E-state index is 0.441. The first-order valence-electron chi connectivity index (χ1n) is 13.5. The molecule has 2 nitrogen and oxygen atoms in total. The van der Waals surface area contributed by atoms with Crippen molar-refractivity contribution in [3.63, 3.8) is 0 Å². The summed E-state index contributed by atoms with van der Waals surface area (Å²) in [6.07, 6.45) is 9.08. The fourth-order valence-corrected chi connectivity index (χ4v) is 8.14. The summed E-state index contributed by atoms with van der Waals surface area (Å²) in [5, 5.41) is 5.63. The highest BCUT2D eigenvalue weighted by atomic mass is 32.2. The Kier molecular flexibility index (Phi) is 4.41. The lowest BCUT2D eigenvalue weighted by Gasteiger charge is -2.16. The molecule has 39 heavy (non-hydrogen) atoms. The summed E-state index contributed by atoms with van der Waals surface area (Å²) in [5.74, 6) is 0.441. The molecule has 1 aliphatic heterocycles. The predicted molar refractivity (Wildman–Crippen MR) is 166 cm³/mol. The molecule has 0 fully saturated rings. The van der Waals surface area contributed by atoms with Crippen LogP contribution in [0, 0.1) is 0 Å². The molecule has 0 amide bonds. The van der Waals surface area contributed by atoms with Crippen molar-refractivity contribution in [1.82, 2.24) is 9.13 Å². The zero-order valence-corrected chi connectivity index (χ0v) is 22.0. The van der Waals surface area contributed by atoms with Crippen LogP contribution in [0.1, 0.15) is 11.5 Å². The van der Waals surface area contributed by atoms with Gasteiger partial charge in [-0.25, -0.2) is 0 Å². The molecule has 1 aliphatic carbocycles. The van der Waals surface area contributed by atoms with Crippen molar-refractivity contribution in [2.75, 3.05) is 0 Å². The fourth-order valence-electron chi connectivity index (χ4n) is 6.82. The highest BCUT2D eigenvalue weighted by Crippen LogP contribution is 2.49. The number of fused-ring (bicyclic) bond motifs is 9. The van der Waals surface area contributed by atoms with Gasteiger partial charge in [0.2, 0.25) is 0 Å². The number of nitrogens with zero attached hydrogens (tertiary/aromatic N) is 2. The van der Waals surface area contributed by atoms with Gasteiger partial charge in [-0.3, -0.25) is 0 Å². The van der Waals surface area contributed by atoms with E-state index in [1.807, 2.05) is 11.8 Å². The molecule has 0 bridgehead atoms. The highest BCUT2D eigenvalue weighted by molar-refractivity contribution is 8.00. The largest absolute Gasteiger partial charge is 0.309 e. The van der Waals surface area contributed by atoms with Crippen LogP contribution in [0.25, 0.3) is 55.0 Å². The summed E-state index contributed by atoms with van der Waals surface area (Å²) in [6.45, 7) is 0. The topological polar surface area (TPSA) is 9.86 Å². The molecule has 5 aromatic carbocycles. The van der Waals surface area contributed by atoms with Gasteiger partial charge in [0.05, 0.1) is 27.8 Å². The summed E-state index contributed by atoms with van der Waals surface area (Å²) in [6, 6.07) is 40.2. The number of rotatable bonds is 2.